The summed E-state index contributed by atoms with van der Waals surface area (Å²) in [7, 11) is 0. The molecule has 0 fully saturated rings. The lowest BCUT2D eigenvalue weighted by Gasteiger charge is -2.32. The summed E-state index contributed by atoms with van der Waals surface area (Å²) in [5, 5.41) is 10.4. The van der Waals surface area contributed by atoms with E-state index in [4.69, 9.17) is 20.9 Å². The minimum atomic E-state index is -0.694. The maximum Gasteiger partial charge on any atom is 0.311 e. The Labute approximate surface area is 297 Å². The molecule has 48 heavy (non-hydrogen) atoms. The van der Waals surface area contributed by atoms with Crippen LogP contribution in [0.4, 0.5) is 0 Å². The fourth-order valence-electron chi connectivity index (χ4n) is 6.36. The molecule has 0 saturated carbocycles. The predicted molar refractivity (Wildman–Crippen MR) is 205 cm³/mol. The Hall–Kier alpha value is -1.70. The minimum absolute atomic E-state index is 0.153. The molecule has 3 atom stereocenters. The second kappa shape index (κ2) is 25.3. The molecule has 0 spiro atoms. The molecule has 0 aliphatic carbocycles. The van der Waals surface area contributed by atoms with Crippen molar-refractivity contribution in [3.05, 3.63) is 24.3 Å². The van der Waals surface area contributed by atoms with Gasteiger partial charge in [0, 0.05) is 18.5 Å². The maximum absolute atomic E-state index is 12.9. The van der Waals surface area contributed by atoms with Crippen molar-refractivity contribution >= 4 is 11.9 Å². The molecule has 0 aromatic heterocycles. The van der Waals surface area contributed by atoms with Crippen molar-refractivity contribution in [3.63, 3.8) is 0 Å². The number of esters is 2. The van der Waals surface area contributed by atoms with Gasteiger partial charge in [-0.15, -0.1) is 0 Å². The zero-order valence-electron chi connectivity index (χ0n) is 33.6. The van der Waals surface area contributed by atoms with Crippen molar-refractivity contribution in [2.75, 3.05) is 13.2 Å². The van der Waals surface area contributed by atoms with E-state index in [0.717, 1.165) is 44.9 Å². The van der Waals surface area contributed by atoms with E-state index in [1.165, 1.54) is 19.3 Å². The quantitative estimate of drug-likeness (QED) is 0.0472. The van der Waals surface area contributed by atoms with Crippen molar-refractivity contribution in [2.45, 2.75) is 191 Å². The number of allylic oxidation sites excluding steroid dienone is 3. The first kappa shape index (κ1) is 48.4. The molecule has 0 heterocycles. The SMILES string of the molecule is CC.CCCCCC(N)CC/C=C/C(C)(C)CC(C)(C)C(=O)OCCCOC(=O)C(C)(C)CC(C)(C)/C=C/CC(O)C(N)CCCCC. The van der Waals surface area contributed by atoms with Crippen LogP contribution in [0.25, 0.3) is 0 Å². The third-order valence-corrected chi connectivity index (χ3v) is 8.69. The van der Waals surface area contributed by atoms with Crippen LogP contribution in [-0.2, 0) is 19.1 Å². The Bertz CT molecular complexity index is 907. The molecule has 0 aliphatic rings. The Morgan fingerprint density at radius 1 is 0.667 bits per heavy atom. The van der Waals surface area contributed by atoms with Gasteiger partial charge in [0.2, 0.25) is 0 Å². The highest BCUT2D eigenvalue weighted by Crippen LogP contribution is 2.37. The maximum atomic E-state index is 12.9. The molecular formula is C41H80N2O5. The molecule has 0 bridgehead atoms. The summed E-state index contributed by atoms with van der Waals surface area (Å²) in [6.45, 7) is 24.9. The highest BCUT2D eigenvalue weighted by Gasteiger charge is 2.36. The molecule has 0 rings (SSSR count). The van der Waals surface area contributed by atoms with E-state index in [2.05, 4.69) is 59.8 Å². The van der Waals surface area contributed by atoms with Gasteiger partial charge in [-0.05, 0) is 83.5 Å². The van der Waals surface area contributed by atoms with Gasteiger partial charge in [0.25, 0.3) is 0 Å². The second-order valence-corrected chi connectivity index (χ2v) is 16.3. The molecule has 0 aliphatic heterocycles. The fraction of sp³-hybridized carbons (Fsp3) is 0.854. The highest BCUT2D eigenvalue weighted by molar-refractivity contribution is 5.76. The summed E-state index contributed by atoms with van der Waals surface area (Å²) < 4.78 is 11.2. The number of carbonyl (C=O) groups is 2. The van der Waals surface area contributed by atoms with Crippen molar-refractivity contribution in [3.8, 4) is 0 Å². The standard InChI is InChI=1S/C39H74N2O5.C2H6/c1-11-13-15-21-31(40)22-17-18-25-36(3,4)29-38(7,8)34(43)45-27-20-28-46-35(44)39(9,10)30-37(5,6)26-19-24-33(42)32(41)23-16-14-12-2;1-2/h18-19,25-26,31-33,42H,11-17,20-24,27-30,40-41H2,1-10H3;1-2H3/b25-18+,26-19+;. The number of unbranched alkanes of at least 4 members (excludes halogenated alkanes) is 4. The minimum Gasteiger partial charge on any atom is -0.465 e. The van der Waals surface area contributed by atoms with Gasteiger partial charge in [-0.2, -0.15) is 0 Å². The smallest absolute Gasteiger partial charge is 0.311 e. The third-order valence-electron chi connectivity index (χ3n) is 8.69. The van der Waals surface area contributed by atoms with Crippen LogP contribution in [0.1, 0.15) is 173 Å². The van der Waals surface area contributed by atoms with Crippen LogP contribution in [0.15, 0.2) is 24.3 Å². The van der Waals surface area contributed by atoms with E-state index in [0.29, 0.717) is 25.7 Å². The van der Waals surface area contributed by atoms with Crippen LogP contribution >= 0.6 is 0 Å². The lowest BCUT2D eigenvalue weighted by molar-refractivity contribution is -0.158. The van der Waals surface area contributed by atoms with Crippen molar-refractivity contribution in [1.82, 2.24) is 0 Å². The molecule has 7 nitrogen and oxygen atoms in total. The topological polar surface area (TPSA) is 125 Å². The number of aliphatic hydroxyl groups is 1. The van der Waals surface area contributed by atoms with E-state index in [-0.39, 0.29) is 48.1 Å². The molecular weight excluding hydrogens is 600 g/mol. The molecule has 0 aromatic carbocycles. The molecule has 0 saturated heterocycles. The molecule has 5 N–H and O–H groups in total. The summed E-state index contributed by atoms with van der Waals surface area (Å²) >= 11 is 0. The van der Waals surface area contributed by atoms with Crippen LogP contribution in [0.3, 0.4) is 0 Å². The van der Waals surface area contributed by atoms with Gasteiger partial charge in [-0.3, -0.25) is 9.59 Å². The summed E-state index contributed by atoms with van der Waals surface area (Å²) in [6, 6.07) is 0.0331. The van der Waals surface area contributed by atoms with Crippen LogP contribution in [0.5, 0.6) is 0 Å². The first-order valence-corrected chi connectivity index (χ1v) is 19.2. The summed E-state index contributed by atoms with van der Waals surface area (Å²) in [5.41, 5.74) is 10.6. The van der Waals surface area contributed by atoms with E-state index in [1.54, 1.807) is 0 Å². The zero-order valence-corrected chi connectivity index (χ0v) is 33.6. The predicted octanol–water partition coefficient (Wildman–Crippen LogP) is 9.83. The van der Waals surface area contributed by atoms with Crippen LogP contribution in [-0.4, -0.2) is 48.4 Å². The lowest BCUT2D eigenvalue weighted by Crippen LogP contribution is -2.34. The van der Waals surface area contributed by atoms with Crippen molar-refractivity contribution in [2.24, 2.45) is 33.1 Å². The second-order valence-electron chi connectivity index (χ2n) is 16.3. The number of nitrogens with two attached hydrogens (primary N) is 2. The van der Waals surface area contributed by atoms with Gasteiger partial charge in [0.05, 0.1) is 30.1 Å². The number of aliphatic hydroxyl groups excluding tert-OH is 1. The number of ether oxygens (including phenoxy) is 2. The van der Waals surface area contributed by atoms with Gasteiger partial charge in [-0.1, -0.05) is 118 Å². The Morgan fingerprint density at radius 2 is 1.10 bits per heavy atom. The van der Waals surface area contributed by atoms with Crippen molar-refractivity contribution < 1.29 is 24.2 Å². The van der Waals surface area contributed by atoms with Gasteiger partial charge >= 0.3 is 11.9 Å². The molecule has 3 unspecified atom stereocenters. The highest BCUT2D eigenvalue weighted by atomic mass is 16.5. The molecule has 0 amide bonds. The normalized spacial score (nSPS) is 14.8. The van der Waals surface area contributed by atoms with E-state index in [1.807, 2.05) is 47.6 Å². The monoisotopic (exact) mass is 681 g/mol. The largest absolute Gasteiger partial charge is 0.465 e. The lowest BCUT2D eigenvalue weighted by atomic mass is 9.75. The molecule has 0 aromatic rings. The molecule has 284 valence electrons. The Morgan fingerprint density at radius 3 is 1.56 bits per heavy atom. The average Bonchev–Trinajstić information content (AvgIpc) is 2.98. The van der Waals surface area contributed by atoms with Gasteiger partial charge in [0.15, 0.2) is 0 Å². The number of carbonyl (C=O) groups excluding carboxylic acids is 2. The van der Waals surface area contributed by atoms with Crippen molar-refractivity contribution in [1.29, 1.82) is 0 Å². The zero-order chi connectivity index (χ0) is 37.4. The number of hydrogen-bond acceptors (Lipinski definition) is 7. The van der Waals surface area contributed by atoms with Gasteiger partial charge in [0.1, 0.15) is 0 Å². The van der Waals surface area contributed by atoms with Crippen LogP contribution in [0.2, 0.25) is 0 Å². The molecule has 0 radical (unpaired) electrons. The third kappa shape index (κ3) is 23.6. The summed E-state index contributed by atoms with van der Waals surface area (Å²) in [4.78, 5) is 25.9. The average molecular weight is 681 g/mol. The van der Waals surface area contributed by atoms with Crippen LogP contribution in [0, 0.1) is 21.7 Å². The Balaban J connectivity index is 0. The number of rotatable bonds is 26. The molecule has 7 heteroatoms. The van der Waals surface area contributed by atoms with E-state index >= 15 is 0 Å². The van der Waals surface area contributed by atoms with E-state index in [9.17, 15) is 14.7 Å². The summed E-state index contributed by atoms with van der Waals surface area (Å²) in [5.74, 6) is -0.506. The van der Waals surface area contributed by atoms with E-state index < -0.39 is 16.9 Å². The van der Waals surface area contributed by atoms with Gasteiger partial charge in [-0.25, -0.2) is 0 Å². The van der Waals surface area contributed by atoms with Crippen LogP contribution < -0.4 is 11.5 Å². The number of hydrogen-bond donors (Lipinski definition) is 3. The Kier molecular flexibility index (Phi) is 25.5. The summed E-state index contributed by atoms with van der Waals surface area (Å²) in [6.07, 6.45) is 20.9. The first-order chi connectivity index (χ1) is 22.3. The fourth-order valence-corrected chi connectivity index (χ4v) is 6.36. The first-order valence-electron chi connectivity index (χ1n) is 19.2. The van der Waals surface area contributed by atoms with Gasteiger partial charge < -0.3 is 26.0 Å².